The first-order valence-corrected chi connectivity index (χ1v) is 23.3. The largest absolute Gasteiger partial charge is 0.355 e. The number of fused-ring (bicyclic) bond motifs is 3. The van der Waals surface area contributed by atoms with Crippen LogP contribution >= 0.6 is 0 Å². The van der Waals surface area contributed by atoms with E-state index in [0.717, 1.165) is 28.1 Å². The number of hydrogen-bond acceptors (Lipinski definition) is 1. The van der Waals surface area contributed by atoms with Gasteiger partial charge in [-0.3, -0.25) is 0 Å². The van der Waals surface area contributed by atoms with Crippen molar-refractivity contribution in [1.29, 1.82) is 0 Å². The molecular formula is C64H58N2. The molecular weight excluding hydrogens is 797 g/mol. The monoisotopic (exact) mass is 854 g/mol. The van der Waals surface area contributed by atoms with Crippen molar-refractivity contribution in [2.75, 3.05) is 4.90 Å². The van der Waals surface area contributed by atoms with Gasteiger partial charge in [0.2, 0.25) is 0 Å². The van der Waals surface area contributed by atoms with E-state index in [1.165, 1.54) is 55.3 Å². The Morgan fingerprint density at radius 1 is 0.303 bits per heavy atom. The quantitative estimate of drug-likeness (QED) is 0.136. The van der Waals surface area contributed by atoms with Crippen LogP contribution in [0.2, 0.25) is 0 Å². The van der Waals surface area contributed by atoms with E-state index < -0.39 is 10.8 Å². The number of anilines is 3. The normalized spacial score (nSPS) is 12.4. The summed E-state index contributed by atoms with van der Waals surface area (Å²) in [4.78, 5) is 6.12. The summed E-state index contributed by atoms with van der Waals surface area (Å²) in [6, 6.07) is 87.5. The van der Waals surface area contributed by atoms with E-state index in [2.05, 4.69) is 288 Å². The molecule has 2 nitrogen and oxygen atoms in total. The van der Waals surface area contributed by atoms with Gasteiger partial charge in [-0.25, -0.2) is 0 Å². The lowest BCUT2D eigenvalue weighted by Crippen LogP contribution is -2.42. The average Bonchev–Trinajstić information content (AvgIpc) is 3.72. The molecule has 10 aromatic rings. The molecule has 1 aromatic heterocycles. The van der Waals surface area contributed by atoms with E-state index in [9.17, 15) is 0 Å². The fraction of sp³-hybridized carbons (Fsp3) is 0.156. The van der Waals surface area contributed by atoms with Gasteiger partial charge in [0.05, 0.1) is 5.41 Å². The van der Waals surface area contributed by atoms with Crippen molar-refractivity contribution in [3.63, 3.8) is 0 Å². The summed E-state index contributed by atoms with van der Waals surface area (Å²) in [5.41, 5.74) is 14.5. The maximum absolute atomic E-state index is 3.74. The molecule has 0 atom stereocenters. The number of nitrogens with zero attached hydrogens (tertiary/aromatic N) is 1. The molecule has 9 aromatic carbocycles. The van der Waals surface area contributed by atoms with Crippen LogP contribution in [-0.2, 0) is 16.2 Å². The van der Waals surface area contributed by atoms with E-state index in [1.54, 1.807) is 0 Å². The summed E-state index contributed by atoms with van der Waals surface area (Å²) in [6.07, 6.45) is 0. The van der Waals surface area contributed by atoms with Gasteiger partial charge in [0.1, 0.15) is 0 Å². The van der Waals surface area contributed by atoms with E-state index in [1.807, 2.05) is 0 Å². The summed E-state index contributed by atoms with van der Waals surface area (Å²) in [5, 5.41) is 2.48. The van der Waals surface area contributed by atoms with Crippen LogP contribution in [0.15, 0.2) is 237 Å². The molecule has 0 saturated carbocycles. The maximum atomic E-state index is 3.74. The van der Waals surface area contributed by atoms with Crippen molar-refractivity contribution in [3.05, 3.63) is 281 Å². The van der Waals surface area contributed by atoms with Crippen molar-refractivity contribution in [3.8, 4) is 0 Å². The predicted molar refractivity (Wildman–Crippen MR) is 280 cm³/mol. The van der Waals surface area contributed by atoms with Crippen LogP contribution in [0.25, 0.3) is 21.8 Å². The third-order valence-electron chi connectivity index (χ3n) is 14.0. The summed E-state index contributed by atoms with van der Waals surface area (Å²) >= 11 is 0. The Morgan fingerprint density at radius 2 is 0.621 bits per heavy atom. The molecule has 66 heavy (non-hydrogen) atoms. The third-order valence-corrected chi connectivity index (χ3v) is 14.0. The summed E-state index contributed by atoms with van der Waals surface area (Å²) < 4.78 is 0. The average molecular weight is 855 g/mol. The highest BCUT2D eigenvalue weighted by Gasteiger charge is 2.46. The first kappa shape index (κ1) is 42.5. The van der Waals surface area contributed by atoms with E-state index in [0.29, 0.717) is 0 Å². The summed E-state index contributed by atoms with van der Waals surface area (Å²) in [5.74, 6) is 0. The number of para-hydroxylation sites is 1. The third kappa shape index (κ3) is 7.22. The Labute approximate surface area is 391 Å². The molecule has 2 heteroatoms. The lowest BCUT2D eigenvalue weighted by atomic mass is 9.56. The van der Waals surface area contributed by atoms with Gasteiger partial charge < -0.3 is 9.88 Å². The predicted octanol–water partition coefficient (Wildman–Crippen LogP) is 16.9. The minimum absolute atomic E-state index is 0.0337. The molecule has 10 rings (SSSR count). The van der Waals surface area contributed by atoms with Gasteiger partial charge in [0.15, 0.2) is 0 Å². The Morgan fingerprint density at radius 3 is 1.05 bits per heavy atom. The van der Waals surface area contributed by atoms with Gasteiger partial charge in [-0.1, -0.05) is 217 Å². The zero-order valence-electron chi connectivity index (χ0n) is 39.0. The van der Waals surface area contributed by atoms with Gasteiger partial charge >= 0.3 is 0 Å². The maximum Gasteiger partial charge on any atom is 0.0701 e. The van der Waals surface area contributed by atoms with Crippen molar-refractivity contribution in [1.82, 2.24) is 4.98 Å². The number of rotatable bonds is 10. The van der Waals surface area contributed by atoms with Crippen molar-refractivity contribution in [2.45, 2.75) is 57.8 Å². The zero-order valence-corrected chi connectivity index (χ0v) is 39.0. The lowest BCUT2D eigenvalue weighted by Gasteiger charge is -2.47. The topological polar surface area (TPSA) is 19.0 Å². The van der Waals surface area contributed by atoms with Gasteiger partial charge in [-0.2, -0.15) is 0 Å². The molecule has 0 fully saturated rings. The van der Waals surface area contributed by atoms with Gasteiger partial charge in [-0.05, 0) is 116 Å². The zero-order chi connectivity index (χ0) is 45.5. The molecule has 1 heterocycles. The van der Waals surface area contributed by atoms with Gasteiger partial charge in [0, 0.05) is 44.3 Å². The lowest BCUT2D eigenvalue weighted by molar-refractivity contribution is 0.272. The second-order valence-electron chi connectivity index (χ2n) is 19.9. The Kier molecular flexibility index (Phi) is 10.9. The fourth-order valence-corrected chi connectivity index (χ4v) is 10.9. The standard InChI is InChI=1S/C64H58N2/c1-61(2,3)52-36-42-59-57(44-52)58-45-53(37-43-60(58)65-59)63(46-22-12-7-13-23-46,47-24-14-8-15-25-47)48-32-38-55(39-33-48)66(54-30-20-11-21-31-54)56-40-34-51(35-41-56)64(62(4,5)6,49-26-16-9-17-27-49)50-28-18-10-19-29-50/h7-45,65H,1-6H3. The molecule has 0 amide bonds. The van der Waals surface area contributed by atoms with Crippen LogP contribution in [0.5, 0.6) is 0 Å². The van der Waals surface area contributed by atoms with Crippen molar-refractivity contribution in [2.24, 2.45) is 5.41 Å². The molecule has 0 aliphatic carbocycles. The number of hydrogen-bond donors (Lipinski definition) is 1. The van der Waals surface area contributed by atoms with Gasteiger partial charge in [0.25, 0.3) is 0 Å². The molecule has 0 radical (unpaired) electrons. The Hall–Kier alpha value is -7.42. The van der Waals surface area contributed by atoms with Crippen LogP contribution in [0, 0.1) is 5.41 Å². The second kappa shape index (κ2) is 16.9. The number of aromatic amines is 1. The SMILES string of the molecule is CC(C)(C)c1ccc2[nH]c3ccc(C(c4ccccc4)(c4ccccc4)c4ccc(N(c5ccccc5)c5ccc(C(c6ccccc6)(c6ccccc6)C(C)(C)C)cc5)cc4)cc3c2c1. The van der Waals surface area contributed by atoms with Gasteiger partial charge in [-0.15, -0.1) is 0 Å². The van der Waals surface area contributed by atoms with Crippen LogP contribution in [-0.4, -0.2) is 4.98 Å². The Balaban J connectivity index is 1.14. The van der Waals surface area contributed by atoms with Crippen LogP contribution in [0.4, 0.5) is 17.1 Å². The number of H-pyrrole nitrogens is 1. The molecule has 0 spiro atoms. The highest BCUT2D eigenvalue weighted by molar-refractivity contribution is 6.08. The van der Waals surface area contributed by atoms with Crippen molar-refractivity contribution < 1.29 is 0 Å². The first-order valence-electron chi connectivity index (χ1n) is 23.3. The van der Waals surface area contributed by atoms with E-state index >= 15 is 0 Å². The highest BCUT2D eigenvalue weighted by atomic mass is 15.1. The van der Waals surface area contributed by atoms with E-state index in [4.69, 9.17) is 0 Å². The molecule has 0 bridgehead atoms. The minimum atomic E-state index is -0.620. The van der Waals surface area contributed by atoms with Crippen LogP contribution in [0.1, 0.15) is 86.1 Å². The second-order valence-corrected chi connectivity index (χ2v) is 19.9. The van der Waals surface area contributed by atoms with Crippen LogP contribution in [0.3, 0.4) is 0 Å². The number of nitrogens with one attached hydrogen (secondary N) is 1. The minimum Gasteiger partial charge on any atom is -0.355 e. The molecule has 0 aliphatic heterocycles. The molecule has 0 unspecified atom stereocenters. The fourth-order valence-electron chi connectivity index (χ4n) is 10.9. The molecule has 0 aliphatic rings. The molecule has 324 valence electrons. The van der Waals surface area contributed by atoms with E-state index in [-0.39, 0.29) is 10.8 Å². The van der Waals surface area contributed by atoms with Crippen LogP contribution < -0.4 is 4.90 Å². The number of benzene rings is 9. The summed E-state index contributed by atoms with van der Waals surface area (Å²) in [6.45, 7) is 14.0. The summed E-state index contributed by atoms with van der Waals surface area (Å²) in [7, 11) is 0. The molecule has 1 N–H and O–H groups in total. The highest BCUT2D eigenvalue weighted by Crippen LogP contribution is 2.53. The Bertz CT molecular complexity index is 3130. The molecule has 0 saturated heterocycles. The smallest absolute Gasteiger partial charge is 0.0701 e. The first-order chi connectivity index (χ1) is 32.0. The van der Waals surface area contributed by atoms with Crippen molar-refractivity contribution >= 4 is 38.9 Å². The number of aromatic nitrogens is 1.